The first-order valence-electron chi connectivity index (χ1n) is 11.5. The van der Waals surface area contributed by atoms with Crippen molar-refractivity contribution >= 4 is 20.2 Å². The SMILES string of the molecule is COCOCc1ccc(C(=O)[C@@H]2C[C@@H](O[Si](C)(C)C(C)(C)C)CN2C(=O)OC(C)(C)C)cc1. The second kappa shape index (κ2) is 10.7. The molecule has 0 aliphatic carbocycles. The molecule has 1 saturated heterocycles. The summed E-state index contributed by atoms with van der Waals surface area (Å²) in [5.41, 5.74) is 0.850. The van der Waals surface area contributed by atoms with Gasteiger partial charge in [0.1, 0.15) is 18.4 Å². The van der Waals surface area contributed by atoms with Gasteiger partial charge in [-0.1, -0.05) is 45.0 Å². The van der Waals surface area contributed by atoms with Gasteiger partial charge in [-0.15, -0.1) is 0 Å². The number of amides is 1. The zero-order valence-electron chi connectivity index (χ0n) is 21.7. The van der Waals surface area contributed by atoms with Gasteiger partial charge < -0.3 is 18.6 Å². The first kappa shape index (κ1) is 27.5. The Morgan fingerprint density at radius 1 is 1.06 bits per heavy atom. The summed E-state index contributed by atoms with van der Waals surface area (Å²) in [4.78, 5) is 28.0. The minimum absolute atomic E-state index is 0.0343. The molecule has 1 aliphatic rings. The van der Waals surface area contributed by atoms with Gasteiger partial charge in [0.2, 0.25) is 0 Å². The summed E-state index contributed by atoms with van der Waals surface area (Å²) in [6.07, 6.45) is -0.218. The zero-order valence-corrected chi connectivity index (χ0v) is 22.7. The molecule has 8 heteroatoms. The lowest BCUT2D eigenvalue weighted by molar-refractivity contribution is -0.0390. The van der Waals surface area contributed by atoms with E-state index < -0.39 is 26.1 Å². The van der Waals surface area contributed by atoms with Gasteiger partial charge in [0.25, 0.3) is 0 Å². The van der Waals surface area contributed by atoms with Crippen LogP contribution in [0, 0.1) is 0 Å². The number of carbonyl (C=O) groups is 2. The number of ketones is 1. The zero-order chi connectivity index (χ0) is 25.0. The standard InChI is InChI=1S/C25H41NO6Si/c1-24(2,3)31-23(28)26-15-20(32-33(8,9)25(4,5)6)14-21(26)22(27)19-12-10-18(11-13-19)16-30-17-29-7/h10-13,20-21H,14-17H2,1-9H3/t20-,21+/m1/s1. The van der Waals surface area contributed by atoms with Crippen molar-refractivity contribution in [2.24, 2.45) is 0 Å². The molecular formula is C25H41NO6Si. The second-order valence-electron chi connectivity index (χ2n) is 11.2. The predicted octanol–water partition coefficient (Wildman–Crippen LogP) is 5.39. The Morgan fingerprint density at radius 3 is 2.18 bits per heavy atom. The Hall–Kier alpha value is -1.74. The molecule has 0 unspecified atom stereocenters. The Labute approximate surface area is 199 Å². The lowest BCUT2D eigenvalue weighted by Crippen LogP contribution is -2.45. The Kier molecular flexibility index (Phi) is 8.90. The summed E-state index contributed by atoms with van der Waals surface area (Å²) in [7, 11) is -0.491. The van der Waals surface area contributed by atoms with Crippen LogP contribution in [0.2, 0.25) is 18.1 Å². The highest BCUT2D eigenvalue weighted by Crippen LogP contribution is 2.39. The van der Waals surface area contributed by atoms with E-state index in [0.29, 0.717) is 25.1 Å². The smallest absolute Gasteiger partial charge is 0.411 e. The lowest BCUT2D eigenvalue weighted by Gasteiger charge is -2.38. The molecule has 0 spiro atoms. The summed E-state index contributed by atoms with van der Waals surface area (Å²) < 4.78 is 22.4. The van der Waals surface area contributed by atoms with Crippen LogP contribution < -0.4 is 0 Å². The topological polar surface area (TPSA) is 74.3 Å². The summed E-state index contributed by atoms with van der Waals surface area (Å²) >= 11 is 0. The van der Waals surface area contributed by atoms with E-state index in [1.807, 2.05) is 32.9 Å². The number of methoxy groups -OCH3 is 1. The minimum atomic E-state index is -2.06. The molecule has 2 rings (SSSR count). The van der Waals surface area contributed by atoms with Crippen molar-refractivity contribution in [2.45, 2.75) is 90.4 Å². The third kappa shape index (κ3) is 7.63. The highest BCUT2D eigenvalue weighted by Gasteiger charge is 2.46. The van der Waals surface area contributed by atoms with E-state index >= 15 is 0 Å². The number of ether oxygens (including phenoxy) is 3. The van der Waals surface area contributed by atoms with Gasteiger partial charge in [0, 0.05) is 25.6 Å². The molecule has 2 atom stereocenters. The van der Waals surface area contributed by atoms with Crippen molar-refractivity contribution in [3.63, 3.8) is 0 Å². The van der Waals surface area contributed by atoms with Gasteiger partial charge >= 0.3 is 6.09 Å². The largest absolute Gasteiger partial charge is 0.444 e. The summed E-state index contributed by atoms with van der Waals surface area (Å²) in [6, 6.07) is 6.66. The van der Waals surface area contributed by atoms with Crippen molar-refractivity contribution in [3.8, 4) is 0 Å². The van der Waals surface area contributed by atoms with E-state index in [-0.39, 0.29) is 23.7 Å². The highest BCUT2D eigenvalue weighted by atomic mass is 28.4. The van der Waals surface area contributed by atoms with Crippen molar-refractivity contribution in [1.29, 1.82) is 0 Å². The monoisotopic (exact) mass is 479 g/mol. The van der Waals surface area contributed by atoms with Crippen LogP contribution in [0.4, 0.5) is 4.79 Å². The fraction of sp³-hybridized carbons (Fsp3) is 0.680. The minimum Gasteiger partial charge on any atom is -0.444 e. The molecule has 0 saturated carbocycles. The summed E-state index contributed by atoms with van der Waals surface area (Å²) in [6.45, 7) is 17.3. The molecule has 186 valence electrons. The van der Waals surface area contributed by atoms with Gasteiger partial charge in [-0.05, 0) is 44.5 Å². The number of rotatable bonds is 8. The van der Waals surface area contributed by atoms with Gasteiger partial charge in [0.05, 0.1) is 12.7 Å². The maximum absolute atomic E-state index is 13.5. The Bertz CT molecular complexity index is 810. The number of nitrogens with zero attached hydrogens (tertiary/aromatic N) is 1. The molecule has 0 bridgehead atoms. The van der Waals surface area contributed by atoms with Crippen molar-refractivity contribution in [1.82, 2.24) is 4.90 Å². The van der Waals surface area contributed by atoms with Gasteiger partial charge in [0.15, 0.2) is 14.1 Å². The van der Waals surface area contributed by atoms with Crippen LogP contribution in [0.15, 0.2) is 24.3 Å². The maximum atomic E-state index is 13.5. The van der Waals surface area contributed by atoms with Gasteiger partial charge in [-0.3, -0.25) is 9.69 Å². The third-order valence-electron chi connectivity index (χ3n) is 6.17. The first-order chi connectivity index (χ1) is 15.1. The molecule has 1 heterocycles. The van der Waals surface area contributed by atoms with Crippen LogP contribution in [0.1, 0.15) is 63.9 Å². The molecular weight excluding hydrogens is 438 g/mol. The normalized spacial score (nSPS) is 19.6. The number of benzene rings is 1. The quantitative estimate of drug-likeness (QED) is 0.215. The molecule has 1 aliphatic heterocycles. The van der Waals surface area contributed by atoms with E-state index in [1.165, 1.54) is 0 Å². The fourth-order valence-corrected chi connectivity index (χ4v) is 4.81. The average molecular weight is 480 g/mol. The molecule has 1 aromatic carbocycles. The number of likely N-dealkylation sites (tertiary alicyclic amines) is 1. The fourth-order valence-electron chi connectivity index (χ4n) is 3.45. The first-order valence-corrected chi connectivity index (χ1v) is 14.4. The van der Waals surface area contributed by atoms with Crippen LogP contribution in [0.3, 0.4) is 0 Å². The summed E-state index contributed by atoms with van der Waals surface area (Å²) in [5.74, 6) is -0.105. The number of hydrogen-bond acceptors (Lipinski definition) is 6. The van der Waals surface area contributed by atoms with Gasteiger partial charge in [-0.2, -0.15) is 0 Å². The number of carbonyl (C=O) groups excluding carboxylic acids is 2. The van der Waals surface area contributed by atoms with E-state index in [4.69, 9.17) is 18.6 Å². The predicted molar refractivity (Wildman–Crippen MR) is 131 cm³/mol. The molecule has 1 amide bonds. The van der Waals surface area contributed by atoms with Gasteiger partial charge in [-0.25, -0.2) is 4.79 Å². The number of Topliss-reactive ketones (excluding diaryl/α,β-unsaturated/α-hetero) is 1. The van der Waals surface area contributed by atoms with Crippen molar-refractivity contribution in [3.05, 3.63) is 35.4 Å². The number of hydrogen-bond donors (Lipinski definition) is 0. The highest BCUT2D eigenvalue weighted by molar-refractivity contribution is 6.74. The van der Waals surface area contributed by atoms with E-state index in [9.17, 15) is 9.59 Å². The molecule has 1 aromatic rings. The van der Waals surface area contributed by atoms with Crippen LogP contribution in [0.5, 0.6) is 0 Å². The molecule has 1 fully saturated rings. The second-order valence-corrected chi connectivity index (χ2v) is 16.0. The van der Waals surface area contributed by atoms with Crippen LogP contribution >= 0.6 is 0 Å². The molecule has 0 aromatic heterocycles. The van der Waals surface area contributed by atoms with Crippen LogP contribution in [-0.4, -0.2) is 63.3 Å². The Morgan fingerprint density at radius 2 is 1.67 bits per heavy atom. The Balaban J connectivity index is 2.22. The van der Waals surface area contributed by atoms with E-state index in [0.717, 1.165) is 5.56 Å². The maximum Gasteiger partial charge on any atom is 0.411 e. The molecule has 0 radical (unpaired) electrons. The van der Waals surface area contributed by atoms with Crippen LogP contribution in [0.25, 0.3) is 0 Å². The van der Waals surface area contributed by atoms with E-state index in [2.05, 4.69) is 33.9 Å². The van der Waals surface area contributed by atoms with Crippen LogP contribution in [-0.2, 0) is 25.2 Å². The molecule has 0 N–H and O–H groups in total. The van der Waals surface area contributed by atoms with E-state index in [1.54, 1.807) is 24.1 Å². The molecule has 7 nitrogen and oxygen atoms in total. The lowest BCUT2D eigenvalue weighted by atomic mass is 10.0. The average Bonchev–Trinajstić information content (AvgIpc) is 3.09. The molecule has 33 heavy (non-hydrogen) atoms. The summed E-state index contributed by atoms with van der Waals surface area (Å²) in [5, 5.41) is 0.0343. The van der Waals surface area contributed by atoms with Crippen molar-refractivity contribution < 1.29 is 28.2 Å². The third-order valence-corrected chi connectivity index (χ3v) is 10.7. The van der Waals surface area contributed by atoms with Crippen molar-refractivity contribution in [2.75, 3.05) is 20.4 Å².